The second kappa shape index (κ2) is 9.32. The van der Waals surface area contributed by atoms with Crippen LogP contribution >= 0.6 is 0 Å². The molecule has 0 radical (unpaired) electrons. The molecule has 2 aromatic rings. The van der Waals surface area contributed by atoms with Crippen molar-refractivity contribution >= 4 is 0 Å². The van der Waals surface area contributed by atoms with Crippen molar-refractivity contribution in [3.8, 4) is 0 Å². The van der Waals surface area contributed by atoms with E-state index in [4.69, 9.17) is 0 Å². The van der Waals surface area contributed by atoms with Gasteiger partial charge in [0.1, 0.15) is 0 Å². The lowest BCUT2D eigenvalue weighted by molar-refractivity contribution is 0.516. The molecule has 0 aliphatic carbocycles. The summed E-state index contributed by atoms with van der Waals surface area (Å²) in [6, 6.07) is 10.6. The highest BCUT2D eigenvalue weighted by molar-refractivity contribution is 5.15. The second-order valence-electron chi connectivity index (χ2n) is 5.73. The Morgan fingerprint density at radius 2 is 1.67 bits per heavy atom. The minimum absolute atomic E-state index is 0.973. The fraction of sp³-hybridized carbons (Fsp3) is 0.556. The van der Waals surface area contributed by atoms with Crippen molar-refractivity contribution in [1.29, 1.82) is 0 Å². The van der Waals surface area contributed by atoms with Gasteiger partial charge < -0.3 is 0 Å². The molecule has 0 unspecified atom stereocenters. The molecule has 0 saturated carbocycles. The normalized spacial score (nSPS) is 10.9. The smallest absolute Gasteiger partial charge is 0.0830 e. The van der Waals surface area contributed by atoms with Crippen LogP contribution < -0.4 is 0 Å². The van der Waals surface area contributed by atoms with Gasteiger partial charge in [0.15, 0.2) is 0 Å². The number of aryl methyl sites for hydroxylation is 3. The Labute approximate surface area is 128 Å². The van der Waals surface area contributed by atoms with Gasteiger partial charge >= 0.3 is 0 Å². The number of nitrogens with zero attached hydrogens (tertiary/aromatic N) is 3. The number of unbranched alkanes of at least 4 members (excludes halogenated alkanes) is 5. The van der Waals surface area contributed by atoms with Crippen molar-refractivity contribution < 1.29 is 0 Å². The Balaban J connectivity index is 1.64. The van der Waals surface area contributed by atoms with E-state index in [1.165, 1.54) is 44.1 Å². The Hall–Kier alpha value is -1.64. The lowest BCUT2D eigenvalue weighted by atomic mass is 10.1. The third-order valence-corrected chi connectivity index (χ3v) is 3.84. The largest absolute Gasteiger partial charge is 0.252 e. The summed E-state index contributed by atoms with van der Waals surface area (Å²) in [5.41, 5.74) is 2.47. The van der Waals surface area contributed by atoms with Crippen molar-refractivity contribution in [3.05, 3.63) is 47.8 Å². The van der Waals surface area contributed by atoms with Gasteiger partial charge in [-0.2, -0.15) is 0 Å². The van der Waals surface area contributed by atoms with Crippen molar-refractivity contribution in [1.82, 2.24) is 15.0 Å². The van der Waals surface area contributed by atoms with Crippen LogP contribution in [0.5, 0.6) is 0 Å². The van der Waals surface area contributed by atoms with E-state index in [1.807, 2.05) is 4.68 Å². The minimum Gasteiger partial charge on any atom is -0.252 e. The summed E-state index contributed by atoms with van der Waals surface area (Å²) in [7, 11) is 0. The van der Waals surface area contributed by atoms with Gasteiger partial charge in [-0.3, -0.25) is 4.68 Å². The van der Waals surface area contributed by atoms with E-state index in [2.05, 4.69) is 53.8 Å². The van der Waals surface area contributed by atoms with Crippen LogP contribution in [0.2, 0.25) is 0 Å². The monoisotopic (exact) mass is 285 g/mol. The summed E-state index contributed by atoms with van der Waals surface area (Å²) < 4.78 is 2.00. The van der Waals surface area contributed by atoms with Crippen molar-refractivity contribution in [2.75, 3.05) is 0 Å². The van der Waals surface area contributed by atoms with E-state index in [-0.39, 0.29) is 0 Å². The summed E-state index contributed by atoms with van der Waals surface area (Å²) >= 11 is 0. The van der Waals surface area contributed by atoms with Crippen LogP contribution in [0.1, 0.15) is 56.7 Å². The number of benzene rings is 1. The standard InChI is InChI=1S/C18H27N3/c1-2-3-4-5-6-10-15-21-16-18(19-20-21)14-13-17-11-8-7-9-12-17/h7-9,11-12,16H,2-6,10,13-15H2,1H3. The molecule has 0 aliphatic heterocycles. The first-order chi connectivity index (χ1) is 10.4. The van der Waals surface area contributed by atoms with Gasteiger partial charge in [0.2, 0.25) is 0 Å². The summed E-state index contributed by atoms with van der Waals surface area (Å²) in [6.45, 7) is 3.26. The Morgan fingerprint density at radius 1 is 0.905 bits per heavy atom. The molecular weight excluding hydrogens is 258 g/mol. The van der Waals surface area contributed by atoms with Gasteiger partial charge in [-0.05, 0) is 24.8 Å². The van der Waals surface area contributed by atoms with Crippen molar-refractivity contribution in [2.24, 2.45) is 0 Å². The molecule has 0 atom stereocenters. The topological polar surface area (TPSA) is 30.7 Å². The van der Waals surface area contributed by atoms with Gasteiger partial charge in [0.25, 0.3) is 0 Å². The van der Waals surface area contributed by atoms with Crippen molar-refractivity contribution in [2.45, 2.75) is 64.8 Å². The molecule has 1 aromatic heterocycles. The highest BCUT2D eigenvalue weighted by Crippen LogP contribution is 2.07. The molecule has 0 saturated heterocycles. The lowest BCUT2D eigenvalue weighted by Crippen LogP contribution is -1.98. The number of hydrogen-bond donors (Lipinski definition) is 0. The quantitative estimate of drug-likeness (QED) is 0.605. The maximum atomic E-state index is 4.27. The molecule has 1 aromatic carbocycles. The zero-order chi connectivity index (χ0) is 14.8. The summed E-state index contributed by atoms with van der Waals surface area (Å²) in [5, 5.41) is 8.50. The molecule has 0 spiro atoms. The molecule has 0 bridgehead atoms. The maximum Gasteiger partial charge on any atom is 0.0830 e. The average Bonchev–Trinajstić information content (AvgIpc) is 2.98. The van der Waals surface area contributed by atoms with Crippen LogP contribution in [-0.4, -0.2) is 15.0 Å². The Bertz CT molecular complexity index is 490. The van der Waals surface area contributed by atoms with Gasteiger partial charge in [0.05, 0.1) is 5.69 Å². The van der Waals surface area contributed by atoms with Gasteiger partial charge in [-0.25, -0.2) is 0 Å². The first kappa shape index (κ1) is 15.7. The number of hydrogen-bond acceptors (Lipinski definition) is 2. The predicted molar refractivity (Wildman–Crippen MR) is 87.2 cm³/mol. The average molecular weight is 285 g/mol. The molecule has 0 aliphatic rings. The third-order valence-electron chi connectivity index (χ3n) is 3.84. The maximum absolute atomic E-state index is 4.27. The molecule has 1 heterocycles. The van der Waals surface area contributed by atoms with Gasteiger partial charge in [0, 0.05) is 12.7 Å². The summed E-state index contributed by atoms with van der Waals surface area (Å²) in [4.78, 5) is 0. The SMILES string of the molecule is CCCCCCCCn1cc(CCc2ccccc2)nn1. The van der Waals surface area contributed by atoms with Crippen LogP contribution in [0.4, 0.5) is 0 Å². The fourth-order valence-corrected chi connectivity index (χ4v) is 2.53. The first-order valence-electron chi connectivity index (χ1n) is 8.31. The molecule has 114 valence electrons. The van der Waals surface area contributed by atoms with Crippen LogP contribution in [0.15, 0.2) is 36.5 Å². The van der Waals surface area contributed by atoms with E-state index in [1.54, 1.807) is 0 Å². The molecule has 0 N–H and O–H groups in total. The highest BCUT2D eigenvalue weighted by atomic mass is 15.4. The summed E-state index contributed by atoms with van der Waals surface area (Å²) in [5.74, 6) is 0. The second-order valence-corrected chi connectivity index (χ2v) is 5.73. The molecule has 3 nitrogen and oxygen atoms in total. The van der Waals surface area contributed by atoms with Crippen LogP contribution in [0.25, 0.3) is 0 Å². The van der Waals surface area contributed by atoms with Gasteiger partial charge in [-0.15, -0.1) is 5.10 Å². The molecule has 3 heteroatoms. The minimum atomic E-state index is 0.973. The molecule has 21 heavy (non-hydrogen) atoms. The van der Waals surface area contributed by atoms with Crippen molar-refractivity contribution in [3.63, 3.8) is 0 Å². The lowest BCUT2D eigenvalue weighted by Gasteiger charge is -2.00. The van der Waals surface area contributed by atoms with E-state index in [0.717, 1.165) is 25.1 Å². The number of rotatable bonds is 10. The zero-order valence-electron chi connectivity index (χ0n) is 13.2. The molecule has 0 amide bonds. The Morgan fingerprint density at radius 3 is 2.48 bits per heavy atom. The number of aromatic nitrogens is 3. The zero-order valence-corrected chi connectivity index (χ0v) is 13.2. The predicted octanol–water partition coefficient (Wildman–Crippen LogP) is 4.42. The van der Waals surface area contributed by atoms with E-state index >= 15 is 0 Å². The highest BCUT2D eigenvalue weighted by Gasteiger charge is 2.01. The van der Waals surface area contributed by atoms with Crippen LogP contribution in [-0.2, 0) is 19.4 Å². The van der Waals surface area contributed by atoms with Crippen LogP contribution in [0, 0.1) is 0 Å². The van der Waals surface area contributed by atoms with Gasteiger partial charge in [-0.1, -0.05) is 74.6 Å². The molecule has 0 fully saturated rings. The first-order valence-corrected chi connectivity index (χ1v) is 8.31. The van der Waals surface area contributed by atoms with E-state index in [0.29, 0.717) is 0 Å². The van der Waals surface area contributed by atoms with E-state index < -0.39 is 0 Å². The van der Waals surface area contributed by atoms with E-state index in [9.17, 15) is 0 Å². The third kappa shape index (κ3) is 6.11. The summed E-state index contributed by atoms with van der Waals surface area (Å²) in [6.07, 6.45) is 12.0. The van der Waals surface area contributed by atoms with Crippen LogP contribution in [0.3, 0.4) is 0 Å². The molecular formula is C18H27N3. The Kier molecular flexibility index (Phi) is 6.99. The fourth-order valence-electron chi connectivity index (χ4n) is 2.53. The molecule has 2 rings (SSSR count).